The van der Waals surface area contributed by atoms with Gasteiger partial charge in [-0.05, 0) is 14.1 Å². The van der Waals surface area contributed by atoms with Crippen LogP contribution in [0.1, 0.15) is 4.88 Å². The molecule has 0 atom stereocenters. The summed E-state index contributed by atoms with van der Waals surface area (Å²) in [6.07, 6.45) is -3.44. The molecule has 0 saturated carbocycles. The van der Waals surface area contributed by atoms with Crippen LogP contribution >= 0.6 is 11.3 Å². The van der Waals surface area contributed by atoms with Gasteiger partial charge in [0.25, 0.3) is 0 Å². The quantitative estimate of drug-likeness (QED) is 0.872. The highest BCUT2D eigenvalue weighted by molar-refractivity contribution is 7.15. The van der Waals surface area contributed by atoms with Crippen LogP contribution in [0.25, 0.3) is 0 Å². The second-order valence-corrected chi connectivity index (χ2v) is 4.29. The number of anilines is 1. The van der Waals surface area contributed by atoms with Crippen LogP contribution in [0.15, 0.2) is 6.20 Å². The minimum atomic E-state index is -4.29. The number of hydrogen-bond acceptors (Lipinski definition) is 4. The molecule has 0 aromatic carbocycles. The van der Waals surface area contributed by atoms with Crippen LogP contribution in [0.2, 0.25) is 0 Å². The first-order valence-corrected chi connectivity index (χ1v) is 5.13. The van der Waals surface area contributed by atoms with Gasteiger partial charge >= 0.3 is 6.18 Å². The molecule has 0 fully saturated rings. The van der Waals surface area contributed by atoms with E-state index in [4.69, 9.17) is 0 Å². The molecule has 0 radical (unpaired) electrons. The van der Waals surface area contributed by atoms with Crippen molar-refractivity contribution in [1.82, 2.24) is 9.88 Å². The average Bonchev–Trinajstić information content (AvgIpc) is 2.51. The van der Waals surface area contributed by atoms with E-state index < -0.39 is 11.1 Å². The summed E-state index contributed by atoms with van der Waals surface area (Å²) in [6, 6.07) is 0. The average molecular weight is 239 g/mol. The summed E-state index contributed by atoms with van der Waals surface area (Å²) in [5.74, 6) is 0. The van der Waals surface area contributed by atoms with Crippen LogP contribution in [0.5, 0.6) is 0 Å². The number of hydrogen-bond donors (Lipinski definition) is 1. The maximum Gasteiger partial charge on any atom is 0.427 e. The molecular formula is C8H12F3N3S. The molecule has 0 spiro atoms. The van der Waals surface area contributed by atoms with Crippen LogP contribution in [0, 0.1) is 0 Å². The summed E-state index contributed by atoms with van der Waals surface area (Å²) < 4.78 is 36.6. The molecule has 7 heteroatoms. The number of likely N-dealkylation sites (N-methyl/N-ethyl adjacent to an activating group) is 1. The molecule has 0 unspecified atom stereocenters. The molecule has 0 amide bonds. The van der Waals surface area contributed by atoms with E-state index in [0.717, 1.165) is 12.7 Å². The Balaban J connectivity index is 2.47. The summed E-state index contributed by atoms with van der Waals surface area (Å²) >= 11 is 0.626. The lowest BCUT2D eigenvalue weighted by Crippen LogP contribution is -2.20. The predicted octanol–water partition coefficient (Wildman–Crippen LogP) is 2.14. The smallest absolute Gasteiger partial charge is 0.360 e. The fourth-order valence-corrected chi connectivity index (χ4v) is 1.58. The molecule has 1 rings (SSSR count). The van der Waals surface area contributed by atoms with Gasteiger partial charge in [0.1, 0.15) is 4.88 Å². The van der Waals surface area contributed by atoms with E-state index in [1.54, 1.807) is 0 Å². The zero-order chi connectivity index (χ0) is 11.5. The van der Waals surface area contributed by atoms with E-state index in [-0.39, 0.29) is 0 Å². The molecule has 1 aromatic heterocycles. The van der Waals surface area contributed by atoms with Crippen molar-refractivity contribution in [2.45, 2.75) is 6.18 Å². The molecule has 0 aliphatic rings. The topological polar surface area (TPSA) is 28.2 Å². The maximum absolute atomic E-state index is 12.2. The van der Waals surface area contributed by atoms with Gasteiger partial charge in [-0.1, -0.05) is 11.3 Å². The number of nitrogens with zero attached hydrogens (tertiary/aromatic N) is 2. The maximum atomic E-state index is 12.2. The van der Waals surface area contributed by atoms with Crippen molar-refractivity contribution >= 4 is 16.5 Å². The van der Waals surface area contributed by atoms with Crippen LogP contribution in [0.4, 0.5) is 18.3 Å². The Labute approximate surface area is 89.9 Å². The summed E-state index contributed by atoms with van der Waals surface area (Å²) in [7, 11) is 3.79. The fourth-order valence-electron chi connectivity index (χ4n) is 0.873. The van der Waals surface area contributed by atoms with Gasteiger partial charge in [0, 0.05) is 13.1 Å². The van der Waals surface area contributed by atoms with Crippen molar-refractivity contribution in [3.8, 4) is 0 Å². The molecule has 86 valence electrons. The molecule has 3 nitrogen and oxygen atoms in total. The lowest BCUT2D eigenvalue weighted by atomic mass is 10.5. The number of halogens is 3. The van der Waals surface area contributed by atoms with Crippen molar-refractivity contribution in [3.63, 3.8) is 0 Å². The van der Waals surface area contributed by atoms with Gasteiger partial charge in [0.2, 0.25) is 0 Å². The second-order valence-electron chi connectivity index (χ2n) is 3.26. The van der Waals surface area contributed by atoms with Crippen LogP contribution < -0.4 is 5.32 Å². The Morgan fingerprint density at radius 2 is 2.13 bits per heavy atom. The lowest BCUT2D eigenvalue weighted by Gasteiger charge is -2.09. The van der Waals surface area contributed by atoms with E-state index in [1.807, 2.05) is 19.0 Å². The summed E-state index contributed by atoms with van der Waals surface area (Å²) in [5.41, 5.74) is 0. The van der Waals surface area contributed by atoms with Crippen molar-refractivity contribution in [3.05, 3.63) is 11.1 Å². The fraction of sp³-hybridized carbons (Fsp3) is 0.625. The Kier molecular flexibility index (Phi) is 3.92. The molecule has 1 heterocycles. The SMILES string of the molecule is CN(C)CCNc1ncc(C(F)(F)F)s1. The standard InChI is InChI=1S/C8H12F3N3S/c1-14(2)4-3-12-7-13-5-6(15-7)8(9,10)11/h5H,3-4H2,1-2H3,(H,12,13). The van der Waals surface area contributed by atoms with Gasteiger partial charge in [0.05, 0.1) is 6.20 Å². The van der Waals surface area contributed by atoms with Crippen LogP contribution in [0.3, 0.4) is 0 Å². The monoisotopic (exact) mass is 239 g/mol. The third-order valence-electron chi connectivity index (χ3n) is 1.62. The van der Waals surface area contributed by atoms with Gasteiger partial charge in [-0.2, -0.15) is 13.2 Å². The van der Waals surface area contributed by atoms with Crippen molar-refractivity contribution in [2.75, 3.05) is 32.5 Å². The Morgan fingerprint density at radius 1 is 1.47 bits per heavy atom. The summed E-state index contributed by atoms with van der Waals surface area (Å²) in [4.78, 5) is 4.91. The van der Waals surface area contributed by atoms with E-state index in [0.29, 0.717) is 23.0 Å². The molecular weight excluding hydrogens is 227 g/mol. The first-order valence-electron chi connectivity index (χ1n) is 4.31. The number of rotatable bonds is 4. The van der Waals surface area contributed by atoms with E-state index >= 15 is 0 Å². The van der Waals surface area contributed by atoms with Gasteiger partial charge in [-0.3, -0.25) is 0 Å². The number of aromatic nitrogens is 1. The highest BCUT2D eigenvalue weighted by Crippen LogP contribution is 2.34. The zero-order valence-corrected chi connectivity index (χ0v) is 9.24. The molecule has 0 aliphatic heterocycles. The first kappa shape index (κ1) is 12.3. The van der Waals surface area contributed by atoms with Crippen molar-refractivity contribution in [2.24, 2.45) is 0 Å². The van der Waals surface area contributed by atoms with E-state index in [9.17, 15) is 13.2 Å². The zero-order valence-electron chi connectivity index (χ0n) is 8.43. The Bertz CT molecular complexity index is 308. The highest BCUT2D eigenvalue weighted by atomic mass is 32.1. The van der Waals surface area contributed by atoms with Gasteiger partial charge < -0.3 is 10.2 Å². The molecule has 15 heavy (non-hydrogen) atoms. The highest BCUT2D eigenvalue weighted by Gasteiger charge is 2.33. The Morgan fingerprint density at radius 3 is 2.60 bits per heavy atom. The minimum Gasteiger partial charge on any atom is -0.360 e. The largest absolute Gasteiger partial charge is 0.427 e. The van der Waals surface area contributed by atoms with Crippen LogP contribution in [-0.4, -0.2) is 37.1 Å². The normalized spacial score (nSPS) is 12.1. The van der Waals surface area contributed by atoms with Crippen molar-refractivity contribution < 1.29 is 13.2 Å². The second kappa shape index (κ2) is 4.80. The third-order valence-corrected chi connectivity index (χ3v) is 2.62. The predicted molar refractivity (Wildman–Crippen MR) is 54.2 cm³/mol. The first-order chi connectivity index (χ1) is 6.89. The summed E-state index contributed by atoms with van der Waals surface area (Å²) in [5, 5.41) is 3.14. The van der Waals surface area contributed by atoms with E-state index in [2.05, 4.69) is 10.3 Å². The van der Waals surface area contributed by atoms with Crippen molar-refractivity contribution in [1.29, 1.82) is 0 Å². The van der Waals surface area contributed by atoms with Gasteiger partial charge in [0.15, 0.2) is 5.13 Å². The molecule has 0 saturated heterocycles. The lowest BCUT2D eigenvalue weighted by molar-refractivity contribution is -0.134. The van der Waals surface area contributed by atoms with E-state index in [1.165, 1.54) is 0 Å². The number of alkyl halides is 3. The third kappa shape index (κ3) is 4.05. The summed E-state index contributed by atoms with van der Waals surface area (Å²) in [6.45, 7) is 1.33. The molecule has 0 bridgehead atoms. The van der Waals surface area contributed by atoms with Crippen LogP contribution in [-0.2, 0) is 6.18 Å². The molecule has 1 aromatic rings. The van der Waals surface area contributed by atoms with Gasteiger partial charge in [-0.15, -0.1) is 0 Å². The molecule has 1 N–H and O–H groups in total. The minimum absolute atomic E-state index is 0.309. The number of nitrogens with one attached hydrogen (secondary N) is 1. The molecule has 0 aliphatic carbocycles. The van der Waals surface area contributed by atoms with Gasteiger partial charge in [-0.25, -0.2) is 4.98 Å². The number of thiazole rings is 1. The Hall–Kier alpha value is -0.820.